The fourth-order valence-corrected chi connectivity index (χ4v) is 3.44. The number of hydrogen-bond acceptors (Lipinski definition) is 5. The molecule has 0 spiro atoms. The maximum Gasteiger partial charge on any atom is 0.263 e. The normalized spacial score (nSPS) is 18.1. The van der Waals surface area contributed by atoms with Gasteiger partial charge in [0.1, 0.15) is 9.88 Å². The van der Waals surface area contributed by atoms with E-state index < -0.39 is 0 Å². The number of nitrogens with one attached hydrogen (secondary N) is 2. The zero-order chi connectivity index (χ0) is 15.2. The monoisotopic (exact) mass is 316 g/mol. The third-order valence-corrected chi connectivity index (χ3v) is 4.87. The second-order valence-electron chi connectivity index (χ2n) is 5.50. The zero-order valence-electron chi connectivity index (χ0n) is 12.4. The minimum absolute atomic E-state index is 0.0385. The number of rotatable bonds is 5. The van der Waals surface area contributed by atoms with Crippen LogP contribution in [0.15, 0.2) is 30.6 Å². The molecule has 1 fully saturated rings. The van der Waals surface area contributed by atoms with Crippen molar-refractivity contribution in [1.29, 1.82) is 0 Å². The van der Waals surface area contributed by atoms with Gasteiger partial charge in [-0.1, -0.05) is 6.07 Å². The maximum atomic E-state index is 12.2. The highest BCUT2D eigenvalue weighted by Gasteiger charge is 2.15. The summed E-state index contributed by atoms with van der Waals surface area (Å²) in [5, 5.41) is 7.17. The summed E-state index contributed by atoms with van der Waals surface area (Å²) < 4.78 is 0. The molecule has 1 atom stereocenters. The van der Waals surface area contributed by atoms with Crippen LogP contribution in [0.4, 0.5) is 0 Å². The molecule has 0 saturated carbocycles. The van der Waals surface area contributed by atoms with E-state index in [0.29, 0.717) is 10.8 Å². The first-order valence-corrected chi connectivity index (χ1v) is 8.51. The first-order valence-electron chi connectivity index (χ1n) is 7.69. The van der Waals surface area contributed by atoms with Gasteiger partial charge < -0.3 is 10.6 Å². The molecule has 2 N–H and O–H groups in total. The molecule has 3 rings (SSSR count). The highest BCUT2D eigenvalue weighted by molar-refractivity contribution is 7.16. The maximum absolute atomic E-state index is 12.2. The van der Waals surface area contributed by atoms with Crippen molar-refractivity contribution in [1.82, 2.24) is 20.6 Å². The van der Waals surface area contributed by atoms with E-state index in [-0.39, 0.29) is 5.91 Å². The van der Waals surface area contributed by atoms with E-state index in [4.69, 9.17) is 0 Å². The fourth-order valence-electron chi connectivity index (χ4n) is 2.63. The van der Waals surface area contributed by atoms with Crippen LogP contribution in [0, 0.1) is 5.92 Å². The van der Waals surface area contributed by atoms with Gasteiger partial charge >= 0.3 is 0 Å². The molecule has 2 aromatic rings. The molecule has 1 unspecified atom stereocenters. The number of carbonyl (C=O) groups excluding carboxylic acids is 1. The lowest BCUT2D eigenvalue weighted by Crippen LogP contribution is -2.33. The first-order chi connectivity index (χ1) is 10.8. The lowest BCUT2D eigenvalue weighted by atomic mass is 9.96. The molecule has 1 saturated heterocycles. The molecule has 2 aromatic heterocycles. The molecule has 1 aliphatic rings. The second-order valence-corrected chi connectivity index (χ2v) is 6.53. The van der Waals surface area contributed by atoms with Crippen LogP contribution in [0.5, 0.6) is 0 Å². The van der Waals surface area contributed by atoms with Crippen molar-refractivity contribution >= 4 is 17.2 Å². The molecule has 3 heterocycles. The molecule has 0 aromatic carbocycles. The average molecular weight is 316 g/mol. The van der Waals surface area contributed by atoms with Crippen LogP contribution in [-0.2, 0) is 0 Å². The van der Waals surface area contributed by atoms with Gasteiger partial charge in [0.25, 0.3) is 5.91 Å². The van der Waals surface area contributed by atoms with Gasteiger partial charge in [-0.3, -0.25) is 9.78 Å². The molecular weight excluding hydrogens is 296 g/mol. The van der Waals surface area contributed by atoms with Crippen LogP contribution >= 0.6 is 11.3 Å². The van der Waals surface area contributed by atoms with Gasteiger partial charge in [0.05, 0.1) is 11.9 Å². The van der Waals surface area contributed by atoms with E-state index in [1.165, 1.54) is 24.2 Å². The van der Waals surface area contributed by atoms with Crippen LogP contribution in [-0.4, -0.2) is 35.5 Å². The van der Waals surface area contributed by atoms with Gasteiger partial charge in [-0.2, -0.15) is 0 Å². The Morgan fingerprint density at radius 3 is 3.14 bits per heavy atom. The van der Waals surface area contributed by atoms with Crippen LogP contribution in [0.25, 0.3) is 10.7 Å². The fraction of sp³-hybridized carbons (Fsp3) is 0.438. The van der Waals surface area contributed by atoms with E-state index in [9.17, 15) is 4.79 Å². The molecule has 1 aliphatic heterocycles. The molecule has 0 aliphatic carbocycles. The van der Waals surface area contributed by atoms with E-state index in [1.807, 2.05) is 18.2 Å². The quantitative estimate of drug-likeness (QED) is 0.888. The van der Waals surface area contributed by atoms with Gasteiger partial charge in [-0.25, -0.2) is 4.98 Å². The Bertz CT molecular complexity index is 608. The average Bonchev–Trinajstić information content (AvgIpc) is 3.07. The van der Waals surface area contributed by atoms with Crippen molar-refractivity contribution in [3.63, 3.8) is 0 Å². The van der Waals surface area contributed by atoms with Crippen molar-refractivity contribution in [3.05, 3.63) is 35.5 Å². The molecule has 6 heteroatoms. The van der Waals surface area contributed by atoms with Crippen molar-refractivity contribution in [2.75, 3.05) is 19.6 Å². The Labute approximate surface area is 134 Å². The van der Waals surface area contributed by atoms with E-state index >= 15 is 0 Å². The summed E-state index contributed by atoms with van der Waals surface area (Å²) in [7, 11) is 0. The summed E-state index contributed by atoms with van der Waals surface area (Å²) in [4.78, 5) is 21.3. The van der Waals surface area contributed by atoms with Gasteiger partial charge in [0.15, 0.2) is 0 Å². The predicted octanol–water partition coefficient (Wildman–Crippen LogP) is 2.32. The highest BCUT2D eigenvalue weighted by Crippen LogP contribution is 2.23. The molecular formula is C16H20N4OS. The number of piperidine rings is 1. The second kappa shape index (κ2) is 7.47. The Morgan fingerprint density at radius 2 is 2.36 bits per heavy atom. The highest BCUT2D eigenvalue weighted by atomic mass is 32.1. The lowest BCUT2D eigenvalue weighted by Gasteiger charge is -2.22. The summed E-state index contributed by atoms with van der Waals surface area (Å²) >= 11 is 1.38. The summed E-state index contributed by atoms with van der Waals surface area (Å²) in [6, 6.07) is 5.68. The number of aromatic nitrogens is 2. The summed E-state index contributed by atoms with van der Waals surface area (Å²) in [6.07, 6.45) is 6.89. The number of nitrogens with zero attached hydrogens (tertiary/aromatic N) is 2. The minimum atomic E-state index is -0.0385. The first kappa shape index (κ1) is 15.1. The number of thiazole rings is 1. The molecule has 116 valence electrons. The molecule has 0 bridgehead atoms. The number of amides is 1. The van der Waals surface area contributed by atoms with Crippen molar-refractivity contribution in [2.24, 2.45) is 5.92 Å². The Morgan fingerprint density at radius 1 is 1.41 bits per heavy atom. The molecule has 5 nitrogen and oxygen atoms in total. The van der Waals surface area contributed by atoms with E-state index in [1.54, 1.807) is 12.4 Å². The standard InChI is InChI=1S/C16H20N4OS/c21-15(19-9-6-12-4-3-7-17-10-12)14-11-20-16(22-14)13-5-1-2-8-18-13/h1-2,5,8,11-12,17H,3-4,6-7,9-10H2,(H,19,21). The van der Waals surface area contributed by atoms with Crippen LogP contribution in [0.1, 0.15) is 28.9 Å². The Balaban J connectivity index is 1.51. The lowest BCUT2D eigenvalue weighted by molar-refractivity contribution is 0.0954. The number of pyridine rings is 1. The molecule has 0 radical (unpaired) electrons. The van der Waals surface area contributed by atoms with Gasteiger partial charge in [0.2, 0.25) is 0 Å². The summed E-state index contributed by atoms with van der Waals surface area (Å²) in [5.74, 6) is 0.642. The van der Waals surface area contributed by atoms with Gasteiger partial charge in [0, 0.05) is 12.7 Å². The zero-order valence-corrected chi connectivity index (χ0v) is 13.2. The van der Waals surface area contributed by atoms with E-state index in [0.717, 1.165) is 36.8 Å². The largest absolute Gasteiger partial charge is 0.351 e. The SMILES string of the molecule is O=C(NCCC1CCCNC1)c1cnc(-c2ccccn2)s1. The Kier molecular flexibility index (Phi) is 5.13. The summed E-state index contributed by atoms with van der Waals surface area (Å²) in [6.45, 7) is 2.92. The van der Waals surface area contributed by atoms with E-state index in [2.05, 4.69) is 20.6 Å². The third kappa shape index (κ3) is 3.90. The smallest absolute Gasteiger partial charge is 0.263 e. The van der Waals surface area contributed by atoms with Crippen LogP contribution < -0.4 is 10.6 Å². The van der Waals surface area contributed by atoms with Crippen molar-refractivity contribution < 1.29 is 4.79 Å². The molecule has 22 heavy (non-hydrogen) atoms. The topological polar surface area (TPSA) is 66.9 Å². The number of carbonyl (C=O) groups is 1. The third-order valence-electron chi connectivity index (χ3n) is 3.85. The van der Waals surface area contributed by atoms with Gasteiger partial charge in [-0.15, -0.1) is 11.3 Å². The Hall–Kier alpha value is -1.79. The van der Waals surface area contributed by atoms with Crippen molar-refractivity contribution in [2.45, 2.75) is 19.3 Å². The van der Waals surface area contributed by atoms with Gasteiger partial charge in [-0.05, 0) is 50.4 Å². The minimum Gasteiger partial charge on any atom is -0.351 e. The number of hydrogen-bond donors (Lipinski definition) is 2. The van der Waals surface area contributed by atoms with Crippen molar-refractivity contribution in [3.8, 4) is 10.7 Å². The predicted molar refractivity (Wildman–Crippen MR) is 87.9 cm³/mol. The molecule has 1 amide bonds. The summed E-state index contributed by atoms with van der Waals surface area (Å²) in [5.41, 5.74) is 0.805. The van der Waals surface area contributed by atoms with Crippen LogP contribution in [0.3, 0.4) is 0 Å². The van der Waals surface area contributed by atoms with Crippen LogP contribution in [0.2, 0.25) is 0 Å².